The summed E-state index contributed by atoms with van der Waals surface area (Å²) in [5.41, 5.74) is 7.66. The summed E-state index contributed by atoms with van der Waals surface area (Å²) in [5.74, 6) is -0.815. The lowest BCUT2D eigenvalue weighted by Crippen LogP contribution is -2.17. The van der Waals surface area contributed by atoms with Gasteiger partial charge in [-0.15, -0.1) is 13.2 Å². The Balaban J connectivity index is 2.20. The van der Waals surface area contributed by atoms with Crippen LogP contribution in [0.2, 0.25) is 0 Å². The van der Waals surface area contributed by atoms with E-state index in [0.29, 0.717) is 16.7 Å². The van der Waals surface area contributed by atoms with Gasteiger partial charge in [-0.2, -0.15) is 0 Å². The fraction of sp³-hybridized carbons (Fsp3) is 0.188. The van der Waals surface area contributed by atoms with Crippen molar-refractivity contribution in [3.05, 3.63) is 65.2 Å². The van der Waals surface area contributed by atoms with Gasteiger partial charge in [-0.05, 0) is 35.4 Å². The number of ether oxygens (including phenoxy) is 2. The first-order chi connectivity index (χ1) is 10.8. The standard InChI is InChI=1S/C16H14F3NO3/c1-22-15(21)12-4-2-3-11(9-12)14(20)10-5-7-13(8-6-10)23-16(17,18)19/h2-9,14H,20H2,1H3/t14-/m1/s1. The molecule has 0 aromatic heterocycles. The highest BCUT2D eigenvalue weighted by Crippen LogP contribution is 2.26. The molecule has 2 N–H and O–H groups in total. The molecule has 0 aliphatic heterocycles. The molecule has 0 fully saturated rings. The van der Waals surface area contributed by atoms with Crippen LogP contribution in [-0.2, 0) is 4.74 Å². The van der Waals surface area contributed by atoms with Crippen molar-refractivity contribution >= 4 is 5.97 Å². The van der Waals surface area contributed by atoms with Crippen LogP contribution in [0.25, 0.3) is 0 Å². The van der Waals surface area contributed by atoms with E-state index in [2.05, 4.69) is 9.47 Å². The quantitative estimate of drug-likeness (QED) is 0.875. The van der Waals surface area contributed by atoms with E-state index >= 15 is 0 Å². The Morgan fingerprint density at radius 2 is 1.74 bits per heavy atom. The van der Waals surface area contributed by atoms with Crippen LogP contribution in [-0.4, -0.2) is 19.4 Å². The maximum absolute atomic E-state index is 12.1. The van der Waals surface area contributed by atoms with Gasteiger partial charge in [-0.3, -0.25) is 0 Å². The van der Waals surface area contributed by atoms with Crippen molar-refractivity contribution in [3.63, 3.8) is 0 Å². The van der Waals surface area contributed by atoms with E-state index in [9.17, 15) is 18.0 Å². The van der Waals surface area contributed by atoms with E-state index < -0.39 is 18.4 Å². The van der Waals surface area contributed by atoms with E-state index in [-0.39, 0.29) is 5.75 Å². The second-order valence-electron chi connectivity index (χ2n) is 4.71. The fourth-order valence-corrected chi connectivity index (χ4v) is 2.05. The summed E-state index contributed by atoms with van der Waals surface area (Å²) in [4.78, 5) is 11.5. The lowest BCUT2D eigenvalue weighted by molar-refractivity contribution is -0.274. The molecular weight excluding hydrogens is 311 g/mol. The Morgan fingerprint density at radius 1 is 1.09 bits per heavy atom. The van der Waals surface area contributed by atoms with Crippen molar-refractivity contribution in [2.75, 3.05) is 7.11 Å². The van der Waals surface area contributed by atoms with Crippen molar-refractivity contribution in [3.8, 4) is 5.75 Å². The number of esters is 1. The van der Waals surface area contributed by atoms with Crippen molar-refractivity contribution in [2.45, 2.75) is 12.4 Å². The minimum atomic E-state index is -4.74. The second-order valence-corrected chi connectivity index (χ2v) is 4.71. The Morgan fingerprint density at radius 3 is 2.30 bits per heavy atom. The second kappa shape index (κ2) is 6.70. The van der Waals surface area contributed by atoms with Gasteiger partial charge in [0.05, 0.1) is 18.7 Å². The van der Waals surface area contributed by atoms with Gasteiger partial charge in [-0.1, -0.05) is 24.3 Å². The highest BCUT2D eigenvalue weighted by Gasteiger charge is 2.31. The summed E-state index contributed by atoms with van der Waals surface area (Å²) in [6.07, 6.45) is -4.74. The van der Waals surface area contributed by atoms with Crippen LogP contribution in [0.3, 0.4) is 0 Å². The van der Waals surface area contributed by atoms with Crippen molar-refractivity contribution in [1.29, 1.82) is 0 Å². The Labute approximate surface area is 130 Å². The number of alkyl halides is 3. The molecule has 2 rings (SSSR count). The van der Waals surface area contributed by atoms with Gasteiger partial charge < -0.3 is 15.2 Å². The number of rotatable bonds is 4. The van der Waals surface area contributed by atoms with E-state index in [1.807, 2.05) is 0 Å². The monoisotopic (exact) mass is 325 g/mol. The number of halogens is 3. The van der Waals surface area contributed by atoms with E-state index in [4.69, 9.17) is 5.73 Å². The molecule has 0 amide bonds. The Bertz CT molecular complexity index is 684. The Kier molecular flexibility index (Phi) is 4.90. The molecule has 0 heterocycles. The predicted molar refractivity (Wildman–Crippen MR) is 76.9 cm³/mol. The van der Waals surface area contributed by atoms with E-state index in [1.54, 1.807) is 24.3 Å². The number of methoxy groups -OCH3 is 1. The summed E-state index contributed by atoms with van der Waals surface area (Å²) >= 11 is 0. The van der Waals surface area contributed by atoms with Crippen LogP contribution in [0.5, 0.6) is 5.75 Å². The molecule has 0 bridgehead atoms. The molecule has 0 aliphatic rings. The molecular formula is C16H14F3NO3. The summed E-state index contributed by atoms with van der Waals surface area (Å²) < 4.78 is 44.8. The number of hydrogen-bond acceptors (Lipinski definition) is 4. The molecule has 0 unspecified atom stereocenters. The largest absolute Gasteiger partial charge is 0.573 e. The van der Waals surface area contributed by atoms with Crippen LogP contribution >= 0.6 is 0 Å². The molecule has 122 valence electrons. The zero-order chi connectivity index (χ0) is 17.0. The van der Waals surface area contributed by atoms with Crippen LogP contribution < -0.4 is 10.5 Å². The third-order valence-electron chi connectivity index (χ3n) is 3.14. The fourth-order valence-electron chi connectivity index (χ4n) is 2.05. The highest BCUT2D eigenvalue weighted by molar-refractivity contribution is 5.89. The third-order valence-corrected chi connectivity index (χ3v) is 3.14. The normalized spacial score (nSPS) is 12.6. The van der Waals surface area contributed by atoms with Gasteiger partial charge in [0.15, 0.2) is 0 Å². The van der Waals surface area contributed by atoms with Crippen LogP contribution in [0, 0.1) is 0 Å². The van der Waals surface area contributed by atoms with Gasteiger partial charge in [0.1, 0.15) is 5.75 Å². The van der Waals surface area contributed by atoms with Crippen LogP contribution in [0.4, 0.5) is 13.2 Å². The van der Waals surface area contributed by atoms with Gasteiger partial charge in [0, 0.05) is 0 Å². The van der Waals surface area contributed by atoms with Crippen molar-refractivity contribution in [2.24, 2.45) is 5.73 Å². The zero-order valence-corrected chi connectivity index (χ0v) is 12.1. The molecule has 0 saturated heterocycles. The topological polar surface area (TPSA) is 61.5 Å². The van der Waals surface area contributed by atoms with Crippen molar-refractivity contribution < 1.29 is 27.4 Å². The number of benzene rings is 2. The van der Waals surface area contributed by atoms with Crippen LogP contribution in [0.1, 0.15) is 27.5 Å². The average Bonchev–Trinajstić information content (AvgIpc) is 2.53. The molecule has 0 saturated carbocycles. The minimum Gasteiger partial charge on any atom is -0.465 e. The summed E-state index contributed by atoms with van der Waals surface area (Å²) in [6, 6.07) is 11.2. The number of hydrogen-bond donors (Lipinski definition) is 1. The maximum atomic E-state index is 12.1. The molecule has 2 aromatic rings. The maximum Gasteiger partial charge on any atom is 0.573 e. The van der Waals surface area contributed by atoms with Crippen molar-refractivity contribution in [1.82, 2.24) is 0 Å². The predicted octanol–water partition coefficient (Wildman–Crippen LogP) is 3.42. The molecule has 0 spiro atoms. The zero-order valence-electron chi connectivity index (χ0n) is 12.1. The third kappa shape index (κ3) is 4.46. The average molecular weight is 325 g/mol. The van der Waals surface area contributed by atoms with Gasteiger partial charge in [0.2, 0.25) is 0 Å². The molecule has 2 aromatic carbocycles. The van der Waals surface area contributed by atoms with Gasteiger partial charge in [-0.25, -0.2) is 4.79 Å². The molecule has 4 nitrogen and oxygen atoms in total. The molecule has 0 radical (unpaired) electrons. The number of carbonyl (C=O) groups excluding carboxylic acids is 1. The minimum absolute atomic E-state index is 0.322. The lowest BCUT2D eigenvalue weighted by Gasteiger charge is -2.15. The SMILES string of the molecule is COC(=O)c1cccc([C@H](N)c2ccc(OC(F)(F)F)cc2)c1. The number of nitrogens with two attached hydrogens (primary N) is 1. The lowest BCUT2D eigenvalue weighted by atomic mass is 9.98. The number of carbonyl (C=O) groups is 1. The summed E-state index contributed by atoms with van der Waals surface area (Å²) in [6.45, 7) is 0. The van der Waals surface area contributed by atoms with E-state index in [1.165, 1.54) is 31.4 Å². The van der Waals surface area contributed by atoms with Gasteiger partial charge >= 0.3 is 12.3 Å². The molecule has 7 heteroatoms. The molecule has 1 atom stereocenters. The summed E-state index contributed by atoms with van der Waals surface area (Å²) in [7, 11) is 1.27. The first kappa shape index (κ1) is 16.8. The van der Waals surface area contributed by atoms with E-state index in [0.717, 1.165) is 0 Å². The first-order valence-electron chi connectivity index (χ1n) is 6.60. The summed E-state index contributed by atoms with van der Waals surface area (Å²) in [5, 5.41) is 0. The Hall–Kier alpha value is -2.54. The first-order valence-corrected chi connectivity index (χ1v) is 6.60. The van der Waals surface area contributed by atoms with Crippen LogP contribution in [0.15, 0.2) is 48.5 Å². The highest BCUT2D eigenvalue weighted by atomic mass is 19.4. The smallest absolute Gasteiger partial charge is 0.465 e. The van der Waals surface area contributed by atoms with Gasteiger partial charge in [0.25, 0.3) is 0 Å². The molecule has 23 heavy (non-hydrogen) atoms. The molecule has 0 aliphatic carbocycles.